The number of hydrogen-bond donors (Lipinski definition) is 1. The third-order valence-corrected chi connectivity index (χ3v) is 4.21. The number of carbonyl (C=O) groups is 1. The molecule has 0 aliphatic carbocycles. The van der Waals surface area contributed by atoms with E-state index in [-0.39, 0.29) is 5.92 Å². The fourth-order valence-electron chi connectivity index (χ4n) is 2.63. The Hall–Kier alpha value is -2.29. The van der Waals surface area contributed by atoms with Crippen molar-refractivity contribution in [2.45, 2.75) is 46.1 Å². The zero-order valence-corrected chi connectivity index (χ0v) is 14.2. The minimum absolute atomic E-state index is 0.279. The molecule has 2 rings (SSSR count). The quantitative estimate of drug-likeness (QED) is 0.854. The molecule has 3 heteroatoms. The third kappa shape index (κ3) is 4.13. The van der Waals surface area contributed by atoms with E-state index in [4.69, 9.17) is 4.74 Å². The Morgan fingerprint density at radius 3 is 2.43 bits per heavy atom. The van der Waals surface area contributed by atoms with Crippen molar-refractivity contribution in [2.24, 2.45) is 0 Å². The Balaban J connectivity index is 2.27. The average molecular weight is 312 g/mol. The Morgan fingerprint density at radius 2 is 1.78 bits per heavy atom. The molecule has 23 heavy (non-hydrogen) atoms. The van der Waals surface area contributed by atoms with E-state index in [0.29, 0.717) is 12.2 Å². The Morgan fingerprint density at radius 1 is 1.09 bits per heavy atom. The molecular weight excluding hydrogens is 288 g/mol. The highest BCUT2D eigenvalue weighted by Crippen LogP contribution is 2.27. The van der Waals surface area contributed by atoms with Crippen molar-refractivity contribution >= 4 is 5.97 Å². The van der Waals surface area contributed by atoms with Crippen LogP contribution in [0, 0.1) is 13.8 Å². The summed E-state index contributed by atoms with van der Waals surface area (Å²) in [6.45, 7) is 8.19. The molecule has 0 bridgehead atoms. The van der Waals surface area contributed by atoms with Gasteiger partial charge in [0.1, 0.15) is 5.75 Å². The Labute approximate surface area is 137 Å². The minimum Gasteiger partial charge on any atom is -0.478 e. The van der Waals surface area contributed by atoms with Gasteiger partial charge >= 0.3 is 5.97 Å². The van der Waals surface area contributed by atoms with Crippen molar-refractivity contribution in [1.82, 2.24) is 0 Å². The molecule has 0 unspecified atom stereocenters. The minimum atomic E-state index is -0.940. The van der Waals surface area contributed by atoms with Gasteiger partial charge in [-0.25, -0.2) is 4.79 Å². The van der Waals surface area contributed by atoms with Gasteiger partial charge in [-0.3, -0.25) is 0 Å². The molecule has 0 heterocycles. The summed E-state index contributed by atoms with van der Waals surface area (Å²) in [6.07, 6.45) is -0.537. The lowest BCUT2D eigenvalue weighted by Gasteiger charge is -2.20. The number of ether oxygens (including phenoxy) is 1. The number of benzene rings is 2. The molecule has 2 aromatic carbocycles. The maximum Gasteiger partial charge on any atom is 0.345 e. The molecule has 3 nitrogen and oxygen atoms in total. The van der Waals surface area contributed by atoms with E-state index in [1.807, 2.05) is 56.3 Å². The van der Waals surface area contributed by atoms with Crippen LogP contribution in [-0.2, 0) is 11.2 Å². The summed E-state index contributed by atoms with van der Waals surface area (Å²) in [4.78, 5) is 11.7. The van der Waals surface area contributed by atoms with E-state index in [2.05, 4.69) is 13.8 Å². The van der Waals surface area contributed by atoms with E-state index in [0.717, 1.165) is 22.3 Å². The second kappa shape index (κ2) is 7.32. The fraction of sp³-hybridized carbons (Fsp3) is 0.350. The summed E-state index contributed by atoms with van der Waals surface area (Å²) >= 11 is 0. The highest BCUT2D eigenvalue weighted by atomic mass is 16.5. The second-order valence-electron chi connectivity index (χ2n) is 6.20. The Bertz CT molecular complexity index is 689. The van der Waals surface area contributed by atoms with Gasteiger partial charge in [0.15, 0.2) is 6.10 Å². The van der Waals surface area contributed by atoms with Gasteiger partial charge in [0.25, 0.3) is 0 Å². The maximum atomic E-state index is 11.7. The molecule has 2 aromatic rings. The standard InChI is InChI=1S/C20H24O3/c1-13(2)17-10-5-6-11-18(17)23-19(20(21)22)12-16-9-7-8-14(3)15(16)4/h5-11,13,19H,12H2,1-4H3,(H,21,22)/t19-/m0/s1. The first kappa shape index (κ1) is 17.1. The van der Waals surface area contributed by atoms with Gasteiger partial charge in [0.05, 0.1) is 0 Å². The topological polar surface area (TPSA) is 46.5 Å². The highest BCUT2D eigenvalue weighted by Gasteiger charge is 2.22. The monoisotopic (exact) mass is 312 g/mol. The van der Waals surface area contributed by atoms with Crippen LogP contribution in [0.2, 0.25) is 0 Å². The zero-order chi connectivity index (χ0) is 17.0. The largest absolute Gasteiger partial charge is 0.478 e. The molecule has 0 radical (unpaired) electrons. The average Bonchev–Trinajstić information content (AvgIpc) is 2.51. The van der Waals surface area contributed by atoms with E-state index < -0.39 is 12.1 Å². The van der Waals surface area contributed by atoms with Crippen LogP contribution in [0.1, 0.15) is 42.0 Å². The molecule has 1 atom stereocenters. The number of aryl methyl sites for hydroxylation is 1. The second-order valence-corrected chi connectivity index (χ2v) is 6.20. The predicted octanol–water partition coefficient (Wildman–Crippen LogP) is 4.50. The molecule has 0 aliphatic rings. The van der Waals surface area contributed by atoms with Crippen molar-refractivity contribution < 1.29 is 14.6 Å². The van der Waals surface area contributed by atoms with Gasteiger partial charge in [-0.2, -0.15) is 0 Å². The van der Waals surface area contributed by atoms with Crippen LogP contribution in [0.4, 0.5) is 0 Å². The third-order valence-electron chi connectivity index (χ3n) is 4.21. The molecule has 0 spiro atoms. The van der Waals surface area contributed by atoms with Gasteiger partial charge in [-0.05, 0) is 48.1 Å². The van der Waals surface area contributed by atoms with E-state index in [1.54, 1.807) is 0 Å². The van der Waals surface area contributed by atoms with Crippen molar-refractivity contribution in [3.8, 4) is 5.75 Å². The lowest BCUT2D eigenvalue weighted by Crippen LogP contribution is -2.30. The molecule has 0 amide bonds. The first-order chi connectivity index (χ1) is 10.9. The number of rotatable bonds is 6. The van der Waals surface area contributed by atoms with Gasteiger partial charge in [-0.15, -0.1) is 0 Å². The van der Waals surface area contributed by atoms with Crippen LogP contribution >= 0.6 is 0 Å². The van der Waals surface area contributed by atoms with Crippen molar-refractivity contribution in [3.05, 3.63) is 64.7 Å². The SMILES string of the molecule is Cc1cccc(C[C@H](Oc2ccccc2C(C)C)C(=O)O)c1C. The van der Waals surface area contributed by atoms with Crippen LogP contribution in [0.15, 0.2) is 42.5 Å². The molecule has 1 N–H and O–H groups in total. The van der Waals surface area contributed by atoms with Crippen molar-refractivity contribution in [3.63, 3.8) is 0 Å². The molecule has 0 saturated carbocycles. The van der Waals surface area contributed by atoms with E-state index in [1.165, 1.54) is 0 Å². The molecule has 0 aromatic heterocycles. The number of carboxylic acid groups (broad SMARTS) is 1. The molecule has 122 valence electrons. The summed E-state index contributed by atoms with van der Waals surface area (Å²) in [7, 11) is 0. The van der Waals surface area contributed by atoms with Gasteiger partial charge in [0, 0.05) is 6.42 Å². The maximum absolute atomic E-state index is 11.7. The number of hydrogen-bond acceptors (Lipinski definition) is 2. The lowest BCUT2D eigenvalue weighted by atomic mass is 9.98. The molecule has 0 saturated heterocycles. The molecule has 0 aliphatic heterocycles. The predicted molar refractivity (Wildman–Crippen MR) is 92.2 cm³/mol. The summed E-state index contributed by atoms with van der Waals surface area (Å²) in [5, 5.41) is 9.56. The number of para-hydroxylation sites is 1. The summed E-state index contributed by atoms with van der Waals surface area (Å²) in [5.41, 5.74) is 4.33. The van der Waals surface area contributed by atoms with Crippen LogP contribution in [0.25, 0.3) is 0 Å². The molecular formula is C20H24O3. The van der Waals surface area contributed by atoms with Crippen molar-refractivity contribution in [1.29, 1.82) is 0 Å². The van der Waals surface area contributed by atoms with Crippen LogP contribution in [0.3, 0.4) is 0 Å². The van der Waals surface area contributed by atoms with Crippen LogP contribution in [-0.4, -0.2) is 17.2 Å². The molecule has 0 fully saturated rings. The highest BCUT2D eigenvalue weighted by molar-refractivity contribution is 5.73. The van der Waals surface area contributed by atoms with Gasteiger partial charge in [0.2, 0.25) is 0 Å². The fourth-order valence-corrected chi connectivity index (χ4v) is 2.63. The van der Waals surface area contributed by atoms with Crippen molar-refractivity contribution in [2.75, 3.05) is 0 Å². The first-order valence-electron chi connectivity index (χ1n) is 7.93. The van der Waals surface area contributed by atoms with Gasteiger partial charge < -0.3 is 9.84 Å². The zero-order valence-electron chi connectivity index (χ0n) is 14.2. The van der Waals surface area contributed by atoms with E-state index >= 15 is 0 Å². The van der Waals surface area contributed by atoms with Gasteiger partial charge in [-0.1, -0.05) is 50.2 Å². The van der Waals surface area contributed by atoms with Crippen LogP contribution in [0.5, 0.6) is 5.75 Å². The Kier molecular flexibility index (Phi) is 5.43. The summed E-state index contributed by atoms with van der Waals surface area (Å²) in [5.74, 6) is -0.00831. The normalized spacial score (nSPS) is 12.2. The van der Waals surface area contributed by atoms with Crippen LogP contribution < -0.4 is 4.74 Å². The summed E-state index contributed by atoms with van der Waals surface area (Å²) in [6, 6.07) is 13.6. The first-order valence-corrected chi connectivity index (χ1v) is 7.93. The summed E-state index contributed by atoms with van der Waals surface area (Å²) < 4.78 is 5.87. The number of aliphatic carboxylic acids is 1. The lowest BCUT2D eigenvalue weighted by molar-refractivity contribution is -0.145. The number of carboxylic acids is 1. The smallest absolute Gasteiger partial charge is 0.345 e. The van der Waals surface area contributed by atoms with E-state index in [9.17, 15) is 9.90 Å².